The maximum absolute atomic E-state index is 11.5. The molecule has 0 saturated carbocycles. The highest BCUT2D eigenvalue weighted by Crippen LogP contribution is 2.08. The number of rotatable bonds is 4. The standard InChI is InChI=1S/C13H16N2O4/c16-7-10-6-11(12(17)14-10)15-13(18)19-8-9-4-2-1-3-5-9/h1-5,10-11,16H,6-8H2,(H,14,17)(H,15,18)/t10-,11+/m0/s1. The molecular formula is C13H16N2O4. The second kappa shape index (κ2) is 6.19. The van der Waals surface area contributed by atoms with Crippen molar-refractivity contribution in [3.63, 3.8) is 0 Å². The Hall–Kier alpha value is -2.08. The van der Waals surface area contributed by atoms with Crippen LogP contribution < -0.4 is 10.6 Å². The van der Waals surface area contributed by atoms with Crippen LogP contribution in [-0.2, 0) is 16.1 Å². The van der Waals surface area contributed by atoms with E-state index in [1.54, 1.807) is 0 Å². The van der Waals surface area contributed by atoms with Gasteiger partial charge in [0.25, 0.3) is 0 Å². The van der Waals surface area contributed by atoms with Gasteiger partial charge in [-0.25, -0.2) is 4.79 Å². The minimum absolute atomic E-state index is 0.136. The fourth-order valence-electron chi connectivity index (χ4n) is 1.90. The van der Waals surface area contributed by atoms with Gasteiger partial charge in [0.05, 0.1) is 12.6 Å². The van der Waals surface area contributed by atoms with Crippen LogP contribution in [0, 0.1) is 0 Å². The zero-order chi connectivity index (χ0) is 13.7. The predicted molar refractivity (Wildman–Crippen MR) is 67.2 cm³/mol. The molecule has 1 aliphatic rings. The lowest BCUT2D eigenvalue weighted by molar-refractivity contribution is -0.121. The van der Waals surface area contributed by atoms with E-state index in [0.29, 0.717) is 6.42 Å². The maximum atomic E-state index is 11.5. The van der Waals surface area contributed by atoms with Gasteiger partial charge in [-0.2, -0.15) is 0 Å². The van der Waals surface area contributed by atoms with Crippen molar-refractivity contribution >= 4 is 12.0 Å². The summed E-state index contributed by atoms with van der Waals surface area (Å²) in [7, 11) is 0. The van der Waals surface area contributed by atoms with Crippen molar-refractivity contribution < 1.29 is 19.4 Å². The number of carbonyl (C=O) groups is 2. The molecule has 1 fully saturated rings. The van der Waals surface area contributed by atoms with E-state index in [1.165, 1.54) is 0 Å². The summed E-state index contributed by atoms with van der Waals surface area (Å²) < 4.78 is 5.01. The molecule has 0 bridgehead atoms. The van der Waals surface area contributed by atoms with Crippen LogP contribution in [0.15, 0.2) is 30.3 Å². The molecule has 19 heavy (non-hydrogen) atoms. The first-order valence-electron chi connectivity index (χ1n) is 6.07. The number of alkyl carbamates (subject to hydrolysis) is 1. The number of aliphatic hydroxyl groups excluding tert-OH is 1. The number of carbonyl (C=O) groups excluding carboxylic acids is 2. The second-order valence-corrected chi connectivity index (χ2v) is 4.38. The monoisotopic (exact) mass is 264 g/mol. The predicted octanol–water partition coefficient (Wildman–Crippen LogP) is 0.162. The van der Waals surface area contributed by atoms with Crippen molar-refractivity contribution in [2.45, 2.75) is 25.1 Å². The first-order chi connectivity index (χ1) is 9.19. The fourth-order valence-corrected chi connectivity index (χ4v) is 1.90. The summed E-state index contributed by atoms with van der Waals surface area (Å²) in [6, 6.07) is 8.34. The van der Waals surface area contributed by atoms with Crippen molar-refractivity contribution in [1.29, 1.82) is 0 Å². The molecule has 1 aromatic carbocycles. The third-order valence-electron chi connectivity index (χ3n) is 2.91. The molecule has 1 heterocycles. The first-order valence-corrected chi connectivity index (χ1v) is 6.07. The Morgan fingerprint density at radius 1 is 1.42 bits per heavy atom. The van der Waals surface area contributed by atoms with Crippen LogP contribution in [0.5, 0.6) is 0 Å². The highest BCUT2D eigenvalue weighted by atomic mass is 16.5. The molecule has 2 atom stereocenters. The normalized spacial score (nSPS) is 21.8. The van der Waals surface area contributed by atoms with E-state index in [1.807, 2.05) is 30.3 Å². The van der Waals surface area contributed by atoms with E-state index in [0.717, 1.165) is 5.56 Å². The van der Waals surface area contributed by atoms with Gasteiger partial charge in [0, 0.05) is 0 Å². The zero-order valence-corrected chi connectivity index (χ0v) is 10.3. The summed E-state index contributed by atoms with van der Waals surface area (Å²) in [6.07, 6.45) is -0.266. The van der Waals surface area contributed by atoms with Gasteiger partial charge in [0.2, 0.25) is 5.91 Å². The number of amides is 2. The lowest BCUT2D eigenvalue weighted by atomic mass is 10.2. The average Bonchev–Trinajstić information content (AvgIpc) is 2.78. The SMILES string of the molecule is O=C(N[C@@H]1C[C@@H](CO)NC1=O)OCc1ccccc1. The van der Waals surface area contributed by atoms with E-state index >= 15 is 0 Å². The molecular weight excluding hydrogens is 248 g/mol. The quantitative estimate of drug-likeness (QED) is 0.723. The molecule has 2 amide bonds. The molecule has 0 radical (unpaired) electrons. The van der Waals surface area contributed by atoms with Crippen molar-refractivity contribution in [3.8, 4) is 0 Å². The molecule has 1 saturated heterocycles. The molecule has 3 N–H and O–H groups in total. The Kier molecular flexibility index (Phi) is 4.35. The van der Waals surface area contributed by atoms with E-state index < -0.39 is 12.1 Å². The fraction of sp³-hybridized carbons (Fsp3) is 0.385. The van der Waals surface area contributed by atoms with E-state index in [9.17, 15) is 9.59 Å². The summed E-state index contributed by atoms with van der Waals surface area (Å²) in [6.45, 7) is 0.0213. The minimum Gasteiger partial charge on any atom is -0.445 e. The van der Waals surface area contributed by atoms with Gasteiger partial charge in [-0.1, -0.05) is 30.3 Å². The minimum atomic E-state index is -0.638. The van der Waals surface area contributed by atoms with Crippen LogP contribution in [0.4, 0.5) is 4.79 Å². The molecule has 6 nitrogen and oxygen atoms in total. The zero-order valence-electron chi connectivity index (χ0n) is 10.3. The van der Waals surface area contributed by atoms with Crippen LogP contribution in [0.1, 0.15) is 12.0 Å². The summed E-state index contributed by atoms with van der Waals surface area (Å²) in [4.78, 5) is 23.0. The van der Waals surface area contributed by atoms with Crippen LogP contribution in [0.3, 0.4) is 0 Å². The Bertz CT molecular complexity index is 449. The third-order valence-corrected chi connectivity index (χ3v) is 2.91. The highest BCUT2D eigenvalue weighted by Gasteiger charge is 2.32. The van der Waals surface area contributed by atoms with E-state index in [2.05, 4.69) is 10.6 Å². The van der Waals surface area contributed by atoms with Gasteiger partial charge < -0.3 is 20.5 Å². The second-order valence-electron chi connectivity index (χ2n) is 4.38. The number of hydrogen-bond acceptors (Lipinski definition) is 4. The molecule has 102 valence electrons. The first kappa shape index (κ1) is 13.4. The van der Waals surface area contributed by atoms with Gasteiger partial charge >= 0.3 is 6.09 Å². The van der Waals surface area contributed by atoms with Crippen molar-refractivity contribution in [3.05, 3.63) is 35.9 Å². The number of aliphatic hydroxyl groups is 1. The van der Waals surface area contributed by atoms with Crippen LogP contribution in [-0.4, -0.2) is 35.8 Å². The lowest BCUT2D eigenvalue weighted by Gasteiger charge is -2.10. The molecule has 1 aliphatic heterocycles. The van der Waals surface area contributed by atoms with Gasteiger partial charge in [0.15, 0.2) is 0 Å². The van der Waals surface area contributed by atoms with E-state index in [4.69, 9.17) is 9.84 Å². The van der Waals surface area contributed by atoms with Gasteiger partial charge in [-0.05, 0) is 12.0 Å². The molecule has 0 aromatic heterocycles. The topological polar surface area (TPSA) is 87.7 Å². The molecule has 6 heteroatoms. The highest BCUT2D eigenvalue weighted by molar-refractivity contribution is 5.87. The molecule has 1 aromatic rings. The number of nitrogens with one attached hydrogen (secondary N) is 2. The number of ether oxygens (including phenoxy) is 1. The van der Waals surface area contributed by atoms with Gasteiger partial charge in [-0.15, -0.1) is 0 Å². The van der Waals surface area contributed by atoms with Crippen LogP contribution in [0.25, 0.3) is 0 Å². The third kappa shape index (κ3) is 3.69. The van der Waals surface area contributed by atoms with E-state index in [-0.39, 0.29) is 25.2 Å². The Balaban J connectivity index is 1.77. The lowest BCUT2D eigenvalue weighted by Crippen LogP contribution is -2.40. The smallest absolute Gasteiger partial charge is 0.408 e. The van der Waals surface area contributed by atoms with Crippen LogP contribution >= 0.6 is 0 Å². The Morgan fingerprint density at radius 3 is 2.79 bits per heavy atom. The van der Waals surface area contributed by atoms with Crippen molar-refractivity contribution in [1.82, 2.24) is 10.6 Å². The molecule has 0 unspecified atom stereocenters. The molecule has 0 spiro atoms. The summed E-state index contributed by atoms with van der Waals surface area (Å²) >= 11 is 0. The van der Waals surface area contributed by atoms with Gasteiger partial charge in [0.1, 0.15) is 12.6 Å². The molecule has 2 rings (SSSR count). The summed E-state index contributed by atoms with van der Waals surface area (Å²) in [5.41, 5.74) is 0.877. The molecule has 0 aliphatic carbocycles. The number of hydrogen-bond donors (Lipinski definition) is 3. The Morgan fingerprint density at radius 2 is 2.16 bits per heavy atom. The largest absolute Gasteiger partial charge is 0.445 e. The summed E-state index contributed by atoms with van der Waals surface area (Å²) in [5.74, 6) is -0.296. The average molecular weight is 264 g/mol. The van der Waals surface area contributed by atoms with Crippen molar-refractivity contribution in [2.24, 2.45) is 0 Å². The maximum Gasteiger partial charge on any atom is 0.408 e. The number of benzene rings is 1. The summed E-state index contributed by atoms with van der Waals surface area (Å²) in [5, 5.41) is 14.0. The van der Waals surface area contributed by atoms with Crippen molar-refractivity contribution in [2.75, 3.05) is 6.61 Å². The Labute approximate surface area is 110 Å². The van der Waals surface area contributed by atoms with Crippen LogP contribution in [0.2, 0.25) is 0 Å². The van der Waals surface area contributed by atoms with Gasteiger partial charge in [-0.3, -0.25) is 4.79 Å².